The van der Waals surface area contributed by atoms with E-state index >= 15 is 0 Å². The van der Waals surface area contributed by atoms with E-state index in [4.69, 9.17) is 9.47 Å². The van der Waals surface area contributed by atoms with E-state index < -0.39 is 0 Å². The number of phenolic OH excluding ortho intramolecular Hbond substituents is 1. The smallest absolute Gasteiger partial charge is 0.231 e. The van der Waals surface area contributed by atoms with Gasteiger partial charge in [-0.25, -0.2) is 4.98 Å². The molecule has 0 bridgehead atoms. The van der Waals surface area contributed by atoms with Gasteiger partial charge in [0.05, 0.1) is 5.69 Å². The van der Waals surface area contributed by atoms with Gasteiger partial charge < -0.3 is 25.2 Å². The van der Waals surface area contributed by atoms with Crippen LogP contribution in [0, 0.1) is 0 Å². The molecule has 0 spiro atoms. The largest absolute Gasteiger partial charge is 0.507 e. The highest BCUT2D eigenvalue weighted by Crippen LogP contribution is 2.43. The fraction of sp³-hybridized carbons (Fsp3) is 0.182. The van der Waals surface area contributed by atoms with Crippen LogP contribution in [-0.4, -0.2) is 35.9 Å². The number of aromatic nitrogens is 1. The molecular formula is C22H20BrN3O4. The van der Waals surface area contributed by atoms with Crippen LogP contribution >= 0.6 is 15.9 Å². The van der Waals surface area contributed by atoms with E-state index in [1.54, 1.807) is 12.1 Å². The number of anilines is 1. The molecule has 1 aliphatic rings. The number of nitrogens with one attached hydrogen (secondary N) is 2. The van der Waals surface area contributed by atoms with Gasteiger partial charge in [-0.05, 0) is 42.0 Å². The Morgan fingerprint density at radius 2 is 2.00 bits per heavy atom. The van der Waals surface area contributed by atoms with Gasteiger partial charge in [0.2, 0.25) is 12.7 Å². The molecule has 1 aliphatic heterocycles. The van der Waals surface area contributed by atoms with Crippen LogP contribution in [0.2, 0.25) is 0 Å². The third-order valence-electron chi connectivity index (χ3n) is 4.57. The molecule has 0 saturated carbocycles. The molecule has 0 radical (unpaired) electrons. The Kier molecular flexibility index (Phi) is 5.76. The number of rotatable bonds is 6. The summed E-state index contributed by atoms with van der Waals surface area (Å²) in [5.41, 5.74) is 2.93. The van der Waals surface area contributed by atoms with Crippen molar-refractivity contribution in [3.05, 3.63) is 53.0 Å². The summed E-state index contributed by atoms with van der Waals surface area (Å²) in [7, 11) is 0. The summed E-state index contributed by atoms with van der Waals surface area (Å²) in [6.07, 6.45) is 0. The molecule has 3 N–H and O–H groups in total. The Morgan fingerprint density at radius 1 is 1.13 bits per heavy atom. The van der Waals surface area contributed by atoms with Crippen molar-refractivity contribution < 1.29 is 19.4 Å². The first-order chi connectivity index (χ1) is 14.5. The quantitative estimate of drug-likeness (QED) is 0.469. The molecule has 2 heterocycles. The Balaban J connectivity index is 1.76. The molecule has 3 aromatic rings. The highest BCUT2D eigenvalue weighted by atomic mass is 79.9. The summed E-state index contributed by atoms with van der Waals surface area (Å²) in [4.78, 5) is 15.8. The second kappa shape index (κ2) is 8.62. The number of hydrogen-bond acceptors (Lipinski definition) is 6. The van der Waals surface area contributed by atoms with Gasteiger partial charge in [-0.15, -0.1) is 0 Å². The molecule has 7 nitrogen and oxygen atoms in total. The molecule has 2 aromatic carbocycles. The van der Waals surface area contributed by atoms with Gasteiger partial charge in [0.15, 0.2) is 11.5 Å². The highest BCUT2D eigenvalue weighted by Gasteiger charge is 2.20. The second-order valence-corrected chi connectivity index (χ2v) is 7.65. The Bertz CT molecular complexity index is 1100. The van der Waals surface area contributed by atoms with Crippen LogP contribution < -0.4 is 20.1 Å². The number of para-hydroxylation sites is 1. The van der Waals surface area contributed by atoms with Crippen molar-refractivity contribution in [3.8, 4) is 39.6 Å². The molecular weight excluding hydrogens is 450 g/mol. The van der Waals surface area contributed by atoms with Crippen molar-refractivity contribution in [1.82, 2.24) is 10.3 Å². The van der Waals surface area contributed by atoms with E-state index in [0.29, 0.717) is 41.7 Å². The number of fused-ring (bicyclic) bond motifs is 1. The second-order valence-electron chi connectivity index (χ2n) is 6.74. The fourth-order valence-corrected chi connectivity index (χ4v) is 3.58. The van der Waals surface area contributed by atoms with Crippen LogP contribution in [0.4, 0.5) is 5.82 Å². The molecule has 1 amide bonds. The van der Waals surface area contributed by atoms with Crippen LogP contribution in [-0.2, 0) is 4.79 Å². The minimum Gasteiger partial charge on any atom is -0.507 e. The number of amides is 1. The Labute approximate surface area is 182 Å². The van der Waals surface area contributed by atoms with Gasteiger partial charge in [-0.2, -0.15) is 0 Å². The maximum atomic E-state index is 11.1. The molecule has 8 heteroatoms. The third kappa shape index (κ3) is 4.33. The molecule has 0 fully saturated rings. The lowest BCUT2D eigenvalue weighted by Gasteiger charge is -2.13. The minimum atomic E-state index is -0.0877. The van der Waals surface area contributed by atoms with Crippen LogP contribution in [0.25, 0.3) is 22.4 Å². The predicted molar refractivity (Wildman–Crippen MR) is 118 cm³/mol. The molecule has 1 aromatic heterocycles. The molecule has 154 valence electrons. The number of hydrogen-bond donors (Lipinski definition) is 3. The normalized spacial score (nSPS) is 11.9. The maximum absolute atomic E-state index is 11.1. The maximum Gasteiger partial charge on any atom is 0.231 e. The summed E-state index contributed by atoms with van der Waals surface area (Å²) in [5.74, 6) is 2.03. The van der Waals surface area contributed by atoms with Crippen LogP contribution in [0.1, 0.15) is 6.92 Å². The first kappa shape index (κ1) is 20.0. The summed E-state index contributed by atoms with van der Waals surface area (Å²) < 4.78 is 12.0. The zero-order chi connectivity index (χ0) is 21.1. The molecule has 4 rings (SSSR count). The molecule has 0 saturated heterocycles. The molecule has 0 unspecified atom stereocenters. The van der Waals surface area contributed by atoms with E-state index in [0.717, 1.165) is 15.6 Å². The van der Waals surface area contributed by atoms with Gasteiger partial charge in [-0.1, -0.05) is 28.1 Å². The Hall–Kier alpha value is -3.26. The lowest BCUT2D eigenvalue weighted by atomic mass is 10.0. The van der Waals surface area contributed by atoms with Crippen LogP contribution in [0.5, 0.6) is 17.2 Å². The standard InChI is InChI=1S/C22H20BrN3O4/c1-13(27)24-7-8-25-21-10-14(16-3-2-4-20-22(16)30-12-29-20)9-18(26-21)17-11-15(23)5-6-19(17)28/h2-6,9-11,28H,7-8,12H2,1H3,(H,24,27)(H,25,26). The van der Waals surface area contributed by atoms with Gasteiger partial charge in [0, 0.05) is 35.6 Å². The van der Waals surface area contributed by atoms with E-state index in [-0.39, 0.29) is 18.4 Å². The first-order valence-corrected chi connectivity index (χ1v) is 10.2. The summed E-state index contributed by atoms with van der Waals surface area (Å²) in [6, 6.07) is 14.7. The van der Waals surface area contributed by atoms with Crippen molar-refractivity contribution in [2.75, 3.05) is 25.2 Å². The zero-order valence-corrected chi connectivity index (χ0v) is 17.8. The van der Waals surface area contributed by atoms with Gasteiger partial charge in [0.25, 0.3) is 0 Å². The SMILES string of the molecule is CC(=O)NCCNc1cc(-c2cccc3c2OCO3)cc(-c2cc(Br)ccc2O)n1. The monoisotopic (exact) mass is 469 g/mol. The number of phenols is 1. The lowest BCUT2D eigenvalue weighted by molar-refractivity contribution is -0.118. The molecule has 30 heavy (non-hydrogen) atoms. The fourth-order valence-electron chi connectivity index (χ4n) is 3.21. The lowest BCUT2D eigenvalue weighted by Crippen LogP contribution is -2.26. The van der Waals surface area contributed by atoms with Gasteiger partial charge >= 0.3 is 0 Å². The molecule has 0 atom stereocenters. The van der Waals surface area contributed by atoms with E-state index in [1.165, 1.54) is 6.92 Å². The van der Waals surface area contributed by atoms with Crippen molar-refractivity contribution in [1.29, 1.82) is 0 Å². The van der Waals surface area contributed by atoms with Gasteiger partial charge in [-0.3, -0.25) is 4.79 Å². The Morgan fingerprint density at radius 3 is 2.83 bits per heavy atom. The molecule has 0 aliphatic carbocycles. The number of carbonyl (C=O) groups is 1. The van der Waals surface area contributed by atoms with E-state index in [1.807, 2.05) is 36.4 Å². The van der Waals surface area contributed by atoms with Crippen molar-refractivity contribution in [3.63, 3.8) is 0 Å². The van der Waals surface area contributed by atoms with Crippen molar-refractivity contribution in [2.24, 2.45) is 0 Å². The van der Waals surface area contributed by atoms with Gasteiger partial charge in [0.1, 0.15) is 11.6 Å². The number of benzene rings is 2. The summed E-state index contributed by atoms with van der Waals surface area (Å²) in [5, 5.41) is 16.4. The average molecular weight is 470 g/mol. The number of pyridine rings is 1. The first-order valence-electron chi connectivity index (χ1n) is 9.39. The zero-order valence-electron chi connectivity index (χ0n) is 16.2. The number of carbonyl (C=O) groups excluding carboxylic acids is 1. The van der Waals surface area contributed by atoms with Crippen molar-refractivity contribution in [2.45, 2.75) is 6.92 Å². The number of halogens is 1. The number of ether oxygens (including phenoxy) is 2. The average Bonchev–Trinajstić information content (AvgIpc) is 3.21. The van der Waals surface area contributed by atoms with Crippen LogP contribution in [0.15, 0.2) is 53.0 Å². The summed E-state index contributed by atoms with van der Waals surface area (Å²) >= 11 is 3.45. The van der Waals surface area contributed by atoms with Crippen molar-refractivity contribution >= 4 is 27.7 Å². The summed E-state index contributed by atoms with van der Waals surface area (Å²) in [6.45, 7) is 2.63. The van der Waals surface area contributed by atoms with Crippen LogP contribution in [0.3, 0.4) is 0 Å². The third-order valence-corrected chi connectivity index (χ3v) is 5.07. The van der Waals surface area contributed by atoms with E-state index in [9.17, 15) is 9.90 Å². The number of nitrogens with zero attached hydrogens (tertiary/aromatic N) is 1. The number of aromatic hydroxyl groups is 1. The minimum absolute atomic E-state index is 0.0877. The highest BCUT2D eigenvalue weighted by molar-refractivity contribution is 9.10. The topological polar surface area (TPSA) is 92.7 Å². The van der Waals surface area contributed by atoms with E-state index in [2.05, 4.69) is 31.5 Å². The predicted octanol–water partition coefficient (Wildman–Crippen LogP) is 4.16.